The van der Waals surface area contributed by atoms with Gasteiger partial charge in [-0.15, -0.1) is 5.10 Å². The van der Waals surface area contributed by atoms with Crippen LogP contribution in [0.15, 0.2) is 24.4 Å². The Kier molecular flexibility index (Phi) is 4.23. The van der Waals surface area contributed by atoms with Gasteiger partial charge in [0.15, 0.2) is 5.82 Å². The summed E-state index contributed by atoms with van der Waals surface area (Å²) in [6, 6.07) is 3.19. The van der Waals surface area contributed by atoms with Gasteiger partial charge in [-0.05, 0) is 49.9 Å². The van der Waals surface area contributed by atoms with Crippen LogP contribution in [0.5, 0.6) is 0 Å². The first-order valence-electron chi connectivity index (χ1n) is 8.16. The molecule has 0 radical (unpaired) electrons. The van der Waals surface area contributed by atoms with Crippen molar-refractivity contribution in [3.63, 3.8) is 0 Å². The molecule has 0 unspecified atom stereocenters. The zero-order valence-corrected chi connectivity index (χ0v) is 14.7. The molecule has 0 saturated heterocycles. The molecule has 26 heavy (non-hydrogen) atoms. The molecule has 2 heterocycles. The summed E-state index contributed by atoms with van der Waals surface area (Å²) in [4.78, 5) is 12.9. The van der Waals surface area contributed by atoms with Crippen molar-refractivity contribution in [1.82, 2.24) is 24.7 Å². The molecule has 9 heteroatoms. The van der Waals surface area contributed by atoms with E-state index in [0.717, 1.165) is 41.7 Å². The first-order chi connectivity index (χ1) is 12.5. The van der Waals surface area contributed by atoms with E-state index in [1.54, 1.807) is 13.1 Å². The Bertz CT molecular complexity index is 983. The molecule has 1 atom stereocenters. The van der Waals surface area contributed by atoms with E-state index in [0.29, 0.717) is 17.0 Å². The van der Waals surface area contributed by atoms with Gasteiger partial charge in [0, 0.05) is 17.3 Å². The van der Waals surface area contributed by atoms with Crippen molar-refractivity contribution in [3.05, 3.63) is 57.9 Å². The van der Waals surface area contributed by atoms with Gasteiger partial charge in [0.1, 0.15) is 16.4 Å². The minimum atomic E-state index is -0.673. The van der Waals surface area contributed by atoms with Gasteiger partial charge in [0.2, 0.25) is 0 Å². The van der Waals surface area contributed by atoms with Gasteiger partial charge in [-0.25, -0.2) is 13.5 Å². The lowest BCUT2D eigenvalue weighted by molar-refractivity contribution is 0.0936. The number of hydrogen-bond donors (Lipinski definition) is 1. The van der Waals surface area contributed by atoms with E-state index >= 15 is 0 Å². The largest absolute Gasteiger partial charge is 0.344 e. The van der Waals surface area contributed by atoms with Crippen molar-refractivity contribution < 1.29 is 13.6 Å². The van der Waals surface area contributed by atoms with Gasteiger partial charge in [0.25, 0.3) is 5.91 Å². The summed E-state index contributed by atoms with van der Waals surface area (Å²) < 4.78 is 32.6. The first-order valence-corrected chi connectivity index (χ1v) is 8.94. The molecule has 1 N–H and O–H groups in total. The summed E-state index contributed by atoms with van der Waals surface area (Å²) in [6.07, 6.45) is 3.94. The number of halogens is 2. The van der Waals surface area contributed by atoms with E-state index in [-0.39, 0.29) is 17.6 Å². The van der Waals surface area contributed by atoms with E-state index in [1.165, 1.54) is 16.8 Å². The molecule has 134 valence electrons. The fraction of sp³-hybridized carbons (Fsp3) is 0.294. The van der Waals surface area contributed by atoms with Crippen molar-refractivity contribution in [2.45, 2.75) is 32.2 Å². The van der Waals surface area contributed by atoms with Crippen molar-refractivity contribution in [2.24, 2.45) is 0 Å². The van der Waals surface area contributed by atoms with Gasteiger partial charge < -0.3 is 5.32 Å². The molecule has 1 aliphatic rings. The number of benzene rings is 1. The Morgan fingerprint density at radius 3 is 2.96 bits per heavy atom. The molecular weight excluding hydrogens is 360 g/mol. The van der Waals surface area contributed by atoms with Gasteiger partial charge in [-0.3, -0.25) is 4.79 Å². The summed E-state index contributed by atoms with van der Waals surface area (Å²) in [5.41, 5.74) is 2.46. The number of amides is 1. The van der Waals surface area contributed by atoms with Crippen LogP contribution < -0.4 is 5.32 Å². The summed E-state index contributed by atoms with van der Waals surface area (Å²) in [5, 5.41) is 11.1. The Hall–Kier alpha value is -2.68. The predicted molar refractivity (Wildman–Crippen MR) is 91.3 cm³/mol. The second kappa shape index (κ2) is 6.56. The van der Waals surface area contributed by atoms with Crippen LogP contribution in [0.2, 0.25) is 0 Å². The SMILES string of the molecule is Cc1nnsc1C(=O)N[C@@H]1CCCc2c1cnn2-c1ccc(F)cc1F. The van der Waals surface area contributed by atoms with Crippen LogP contribution in [0.25, 0.3) is 5.69 Å². The zero-order chi connectivity index (χ0) is 18.3. The number of carbonyl (C=O) groups is 1. The maximum atomic E-state index is 14.1. The van der Waals surface area contributed by atoms with Crippen LogP contribution in [0, 0.1) is 18.6 Å². The Labute approximate surface area is 152 Å². The molecule has 4 rings (SSSR count). The van der Waals surface area contributed by atoms with Crippen LogP contribution in [0.4, 0.5) is 8.78 Å². The molecule has 2 aromatic heterocycles. The van der Waals surface area contributed by atoms with E-state index in [4.69, 9.17) is 0 Å². The highest BCUT2D eigenvalue weighted by Gasteiger charge is 2.28. The maximum Gasteiger partial charge on any atom is 0.265 e. The smallest absolute Gasteiger partial charge is 0.265 e. The fourth-order valence-corrected chi connectivity index (χ4v) is 3.79. The van der Waals surface area contributed by atoms with Crippen LogP contribution >= 0.6 is 11.5 Å². The van der Waals surface area contributed by atoms with Crippen LogP contribution in [0.1, 0.15) is 45.5 Å². The van der Waals surface area contributed by atoms with Crippen molar-refractivity contribution in [1.29, 1.82) is 0 Å². The normalized spacial score (nSPS) is 16.3. The highest BCUT2D eigenvalue weighted by Crippen LogP contribution is 2.32. The molecule has 1 amide bonds. The Balaban J connectivity index is 1.65. The van der Waals surface area contributed by atoms with Crippen molar-refractivity contribution in [3.8, 4) is 5.69 Å². The molecule has 0 fully saturated rings. The second-order valence-electron chi connectivity index (χ2n) is 6.16. The van der Waals surface area contributed by atoms with Crippen molar-refractivity contribution in [2.75, 3.05) is 0 Å². The molecule has 0 saturated carbocycles. The Morgan fingerprint density at radius 1 is 1.38 bits per heavy atom. The van der Waals surface area contributed by atoms with Crippen LogP contribution in [0.3, 0.4) is 0 Å². The molecule has 0 spiro atoms. The van der Waals surface area contributed by atoms with Crippen LogP contribution in [-0.4, -0.2) is 25.3 Å². The predicted octanol–water partition coefficient (Wildman–Crippen LogP) is 3.12. The van der Waals surface area contributed by atoms with Gasteiger partial charge in [-0.2, -0.15) is 5.10 Å². The zero-order valence-electron chi connectivity index (χ0n) is 13.9. The number of nitrogens with one attached hydrogen (secondary N) is 1. The number of carbonyl (C=O) groups excluding carboxylic acids is 1. The second-order valence-corrected chi connectivity index (χ2v) is 6.91. The monoisotopic (exact) mass is 375 g/mol. The Morgan fingerprint density at radius 2 is 2.23 bits per heavy atom. The van der Waals surface area contributed by atoms with E-state index in [2.05, 4.69) is 20.0 Å². The highest BCUT2D eigenvalue weighted by molar-refractivity contribution is 7.08. The molecule has 6 nitrogen and oxygen atoms in total. The fourth-order valence-electron chi connectivity index (χ4n) is 3.23. The number of fused-ring (bicyclic) bond motifs is 1. The summed E-state index contributed by atoms with van der Waals surface area (Å²) in [7, 11) is 0. The third-order valence-electron chi connectivity index (χ3n) is 4.48. The highest BCUT2D eigenvalue weighted by atomic mass is 32.1. The molecule has 1 aromatic carbocycles. The summed E-state index contributed by atoms with van der Waals surface area (Å²) in [5.74, 6) is -1.53. The minimum absolute atomic E-state index is 0.196. The van der Waals surface area contributed by atoms with E-state index < -0.39 is 11.6 Å². The lowest BCUT2D eigenvalue weighted by atomic mass is 9.92. The third-order valence-corrected chi connectivity index (χ3v) is 5.31. The molecule has 0 aliphatic heterocycles. The van der Waals surface area contributed by atoms with E-state index in [9.17, 15) is 13.6 Å². The standard InChI is InChI=1S/C17H15F2N5OS/c1-9-16(26-23-22-9)17(25)21-13-3-2-4-14-11(13)8-20-24(14)15-6-5-10(18)7-12(15)19/h5-8,13H,2-4H2,1H3,(H,21,25)/t13-/m1/s1. The van der Waals surface area contributed by atoms with E-state index in [1.807, 2.05) is 0 Å². The average molecular weight is 375 g/mol. The minimum Gasteiger partial charge on any atom is -0.344 e. The number of nitrogens with zero attached hydrogens (tertiary/aromatic N) is 4. The maximum absolute atomic E-state index is 14.1. The number of aromatic nitrogens is 4. The molecular formula is C17H15F2N5OS. The van der Waals surface area contributed by atoms with Crippen LogP contribution in [-0.2, 0) is 6.42 Å². The number of aryl methyl sites for hydroxylation is 1. The number of rotatable bonds is 3. The van der Waals surface area contributed by atoms with Gasteiger partial charge >= 0.3 is 0 Å². The average Bonchev–Trinajstić information content (AvgIpc) is 3.22. The molecule has 0 bridgehead atoms. The lowest BCUT2D eigenvalue weighted by Crippen LogP contribution is -2.30. The number of hydrogen-bond acceptors (Lipinski definition) is 5. The molecule has 3 aromatic rings. The van der Waals surface area contributed by atoms with Gasteiger partial charge in [-0.1, -0.05) is 4.49 Å². The topological polar surface area (TPSA) is 72.7 Å². The van der Waals surface area contributed by atoms with Crippen molar-refractivity contribution >= 4 is 17.4 Å². The quantitative estimate of drug-likeness (QED) is 0.763. The lowest BCUT2D eigenvalue weighted by Gasteiger charge is -2.24. The third kappa shape index (κ3) is 2.88. The first kappa shape index (κ1) is 16.8. The summed E-state index contributed by atoms with van der Waals surface area (Å²) >= 11 is 1.05. The van der Waals surface area contributed by atoms with Gasteiger partial charge in [0.05, 0.1) is 17.9 Å². The summed E-state index contributed by atoms with van der Waals surface area (Å²) in [6.45, 7) is 1.74. The molecule has 1 aliphatic carbocycles.